The van der Waals surface area contributed by atoms with Gasteiger partial charge in [0.15, 0.2) is 0 Å². The standard InChI is InChI=1S/C27H30N2O6/c1-3-4-15-28-23(30)14-13-21(24(28)20-11-7-8-12-22(20)34-2)27(33)35-17-16-29-25(31)18-9-5-6-10-19(18)26(29)32/h5-12,21,24H,3-4,13-17H2,1-2H3. The van der Waals surface area contributed by atoms with Crippen molar-refractivity contribution >= 4 is 23.7 Å². The predicted molar refractivity (Wildman–Crippen MR) is 128 cm³/mol. The summed E-state index contributed by atoms with van der Waals surface area (Å²) in [6.07, 6.45) is 2.35. The van der Waals surface area contributed by atoms with Crippen LogP contribution in [0.15, 0.2) is 48.5 Å². The molecule has 0 bridgehead atoms. The van der Waals surface area contributed by atoms with Crippen LogP contribution in [0.4, 0.5) is 0 Å². The number of ether oxygens (including phenoxy) is 2. The van der Waals surface area contributed by atoms with Gasteiger partial charge in [-0.25, -0.2) is 0 Å². The number of esters is 1. The van der Waals surface area contributed by atoms with E-state index in [1.165, 1.54) is 0 Å². The lowest BCUT2D eigenvalue weighted by Gasteiger charge is -2.41. The van der Waals surface area contributed by atoms with E-state index in [2.05, 4.69) is 6.92 Å². The van der Waals surface area contributed by atoms with Crippen molar-refractivity contribution in [1.82, 2.24) is 9.80 Å². The first-order valence-electron chi connectivity index (χ1n) is 12.0. The Morgan fingerprint density at radius 3 is 2.29 bits per heavy atom. The molecule has 8 nitrogen and oxygen atoms in total. The summed E-state index contributed by atoms with van der Waals surface area (Å²) in [7, 11) is 1.56. The molecule has 3 amide bonds. The summed E-state index contributed by atoms with van der Waals surface area (Å²) in [5, 5.41) is 0. The predicted octanol–water partition coefficient (Wildman–Crippen LogP) is 3.61. The molecule has 2 heterocycles. The topological polar surface area (TPSA) is 93.2 Å². The van der Waals surface area contributed by atoms with E-state index < -0.39 is 17.9 Å². The van der Waals surface area contributed by atoms with E-state index in [0.29, 0.717) is 29.8 Å². The molecule has 2 unspecified atom stereocenters. The molecule has 1 fully saturated rings. The Morgan fingerprint density at radius 2 is 1.63 bits per heavy atom. The first kappa shape index (κ1) is 24.4. The summed E-state index contributed by atoms with van der Waals surface area (Å²) in [5.41, 5.74) is 1.48. The van der Waals surface area contributed by atoms with Crippen LogP contribution in [0.2, 0.25) is 0 Å². The lowest BCUT2D eigenvalue weighted by Crippen LogP contribution is -2.46. The van der Waals surface area contributed by atoms with Crippen LogP contribution in [0.3, 0.4) is 0 Å². The highest BCUT2D eigenvalue weighted by Crippen LogP contribution is 2.41. The van der Waals surface area contributed by atoms with Crippen molar-refractivity contribution in [1.29, 1.82) is 0 Å². The molecule has 1 saturated heterocycles. The minimum atomic E-state index is -0.581. The zero-order chi connectivity index (χ0) is 24.9. The summed E-state index contributed by atoms with van der Waals surface area (Å²) in [6, 6.07) is 13.5. The summed E-state index contributed by atoms with van der Waals surface area (Å²) in [5.74, 6) is -1.19. The molecule has 2 aromatic carbocycles. The Balaban J connectivity index is 1.49. The third-order valence-corrected chi connectivity index (χ3v) is 6.66. The maximum Gasteiger partial charge on any atom is 0.311 e. The number of hydrogen-bond donors (Lipinski definition) is 0. The Kier molecular flexibility index (Phi) is 7.48. The number of benzene rings is 2. The maximum atomic E-state index is 13.3. The van der Waals surface area contributed by atoms with Crippen molar-refractivity contribution in [3.8, 4) is 5.75 Å². The number of hydrogen-bond acceptors (Lipinski definition) is 6. The number of methoxy groups -OCH3 is 1. The van der Waals surface area contributed by atoms with Crippen molar-refractivity contribution in [2.75, 3.05) is 26.8 Å². The lowest BCUT2D eigenvalue weighted by atomic mass is 9.83. The number of carbonyl (C=O) groups is 4. The second kappa shape index (κ2) is 10.7. The molecular weight excluding hydrogens is 448 g/mol. The highest BCUT2D eigenvalue weighted by atomic mass is 16.5. The van der Waals surface area contributed by atoms with Gasteiger partial charge in [-0.15, -0.1) is 0 Å². The molecule has 2 aromatic rings. The summed E-state index contributed by atoms with van der Waals surface area (Å²) in [6.45, 7) is 2.46. The second-order valence-corrected chi connectivity index (χ2v) is 8.75. The highest BCUT2D eigenvalue weighted by molar-refractivity contribution is 6.21. The molecule has 0 aliphatic carbocycles. The fourth-order valence-electron chi connectivity index (χ4n) is 4.87. The van der Waals surface area contributed by atoms with Gasteiger partial charge in [0.05, 0.1) is 36.7 Å². The van der Waals surface area contributed by atoms with Crippen molar-refractivity contribution in [3.05, 3.63) is 65.2 Å². The fourth-order valence-corrected chi connectivity index (χ4v) is 4.87. The Bertz CT molecular complexity index is 1100. The van der Waals surface area contributed by atoms with Gasteiger partial charge in [-0.2, -0.15) is 0 Å². The number of rotatable bonds is 9. The molecule has 0 radical (unpaired) electrons. The first-order valence-corrected chi connectivity index (χ1v) is 12.0. The molecule has 2 aliphatic rings. The van der Waals surface area contributed by atoms with E-state index in [4.69, 9.17) is 9.47 Å². The van der Waals surface area contributed by atoms with Crippen LogP contribution in [0, 0.1) is 5.92 Å². The van der Waals surface area contributed by atoms with Gasteiger partial charge in [-0.05, 0) is 31.0 Å². The molecule has 184 valence electrons. The van der Waals surface area contributed by atoms with Crippen LogP contribution < -0.4 is 4.74 Å². The van der Waals surface area contributed by atoms with Crippen molar-refractivity contribution in [2.24, 2.45) is 5.92 Å². The average Bonchev–Trinajstić information content (AvgIpc) is 3.12. The van der Waals surface area contributed by atoms with Crippen LogP contribution in [-0.4, -0.2) is 60.3 Å². The molecule has 2 atom stereocenters. The van der Waals surface area contributed by atoms with Gasteiger partial charge in [-0.3, -0.25) is 24.1 Å². The zero-order valence-electron chi connectivity index (χ0n) is 20.1. The Morgan fingerprint density at radius 1 is 0.971 bits per heavy atom. The minimum Gasteiger partial charge on any atom is -0.496 e. The fraction of sp³-hybridized carbons (Fsp3) is 0.407. The van der Waals surface area contributed by atoms with E-state index in [0.717, 1.165) is 23.3 Å². The smallest absolute Gasteiger partial charge is 0.311 e. The molecule has 8 heteroatoms. The number of fused-ring (bicyclic) bond motifs is 1. The zero-order valence-corrected chi connectivity index (χ0v) is 20.1. The van der Waals surface area contributed by atoms with Gasteiger partial charge in [0.2, 0.25) is 5.91 Å². The summed E-state index contributed by atoms with van der Waals surface area (Å²) >= 11 is 0. The number of likely N-dealkylation sites (tertiary alicyclic amines) is 1. The minimum absolute atomic E-state index is 0.00410. The van der Waals surface area contributed by atoms with E-state index in [1.54, 1.807) is 36.3 Å². The molecule has 2 aliphatic heterocycles. The van der Waals surface area contributed by atoms with Gasteiger partial charge >= 0.3 is 5.97 Å². The summed E-state index contributed by atoms with van der Waals surface area (Å²) < 4.78 is 11.1. The number of imide groups is 1. The Hall–Kier alpha value is -3.68. The highest BCUT2D eigenvalue weighted by Gasteiger charge is 2.42. The molecule has 0 spiro atoms. The van der Waals surface area contributed by atoms with E-state index in [1.807, 2.05) is 24.3 Å². The van der Waals surface area contributed by atoms with Gasteiger partial charge in [0.25, 0.3) is 11.8 Å². The van der Waals surface area contributed by atoms with Crippen LogP contribution >= 0.6 is 0 Å². The van der Waals surface area contributed by atoms with Gasteiger partial charge < -0.3 is 14.4 Å². The number of amides is 3. The average molecular weight is 479 g/mol. The van der Waals surface area contributed by atoms with E-state index in [9.17, 15) is 19.2 Å². The molecular formula is C27H30N2O6. The normalized spacial score (nSPS) is 19.7. The van der Waals surface area contributed by atoms with Crippen LogP contribution in [0.5, 0.6) is 5.75 Å². The van der Waals surface area contributed by atoms with Crippen molar-refractivity contribution < 1.29 is 28.7 Å². The number of carbonyl (C=O) groups excluding carboxylic acids is 4. The summed E-state index contributed by atoms with van der Waals surface area (Å²) in [4.78, 5) is 54.2. The van der Waals surface area contributed by atoms with Gasteiger partial charge in [0.1, 0.15) is 12.4 Å². The maximum absolute atomic E-state index is 13.3. The van der Waals surface area contributed by atoms with Crippen molar-refractivity contribution in [2.45, 2.75) is 38.6 Å². The molecule has 0 N–H and O–H groups in total. The molecule has 0 saturated carbocycles. The lowest BCUT2D eigenvalue weighted by molar-refractivity contribution is -0.157. The van der Waals surface area contributed by atoms with Crippen LogP contribution in [-0.2, 0) is 14.3 Å². The number of nitrogens with zero attached hydrogens (tertiary/aromatic N) is 2. The third-order valence-electron chi connectivity index (χ3n) is 6.66. The first-order chi connectivity index (χ1) is 17.0. The molecule has 0 aromatic heterocycles. The largest absolute Gasteiger partial charge is 0.496 e. The quantitative estimate of drug-likeness (QED) is 0.404. The van der Waals surface area contributed by atoms with E-state index >= 15 is 0 Å². The second-order valence-electron chi connectivity index (χ2n) is 8.75. The van der Waals surface area contributed by atoms with Gasteiger partial charge in [-0.1, -0.05) is 43.7 Å². The monoisotopic (exact) mass is 478 g/mol. The number of unbranched alkanes of at least 4 members (excludes halogenated alkanes) is 1. The SMILES string of the molecule is CCCCN1C(=O)CCC(C(=O)OCCN2C(=O)c3ccccc3C2=O)C1c1ccccc1OC. The van der Waals surface area contributed by atoms with Crippen LogP contribution in [0.25, 0.3) is 0 Å². The molecule has 35 heavy (non-hydrogen) atoms. The third kappa shape index (κ3) is 4.78. The molecule has 4 rings (SSSR count). The van der Waals surface area contributed by atoms with Crippen LogP contribution in [0.1, 0.15) is 64.9 Å². The van der Waals surface area contributed by atoms with Gasteiger partial charge in [0, 0.05) is 18.5 Å². The number of para-hydroxylation sites is 1. The van der Waals surface area contributed by atoms with Crippen molar-refractivity contribution in [3.63, 3.8) is 0 Å². The van der Waals surface area contributed by atoms with E-state index in [-0.39, 0.29) is 37.3 Å². The number of piperidine rings is 1. The Labute approximate surface area is 204 Å².